The van der Waals surface area contributed by atoms with Crippen molar-refractivity contribution in [1.82, 2.24) is 20.4 Å². The second-order valence-electron chi connectivity index (χ2n) is 5.92. The lowest BCUT2D eigenvalue weighted by molar-refractivity contribution is -0.138. The summed E-state index contributed by atoms with van der Waals surface area (Å²) in [5.41, 5.74) is 0. The van der Waals surface area contributed by atoms with Gasteiger partial charge in [-0.3, -0.25) is 19.7 Å². The van der Waals surface area contributed by atoms with Gasteiger partial charge in [0, 0.05) is 52.5 Å². The molecule has 7 nitrogen and oxygen atoms in total. The highest BCUT2D eigenvalue weighted by molar-refractivity contribution is 5.83. The molecule has 2 heterocycles. The van der Waals surface area contributed by atoms with Gasteiger partial charge in [0.05, 0.1) is 12.6 Å². The lowest BCUT2D eigenvalue weighted by Gasteiger charge is -2.34. The fraction of sp³-hybridized carbons (Fsp3) is 0.786. The van der Waals surface area contributed by atoms with Crippen LogP contribution in [0.5, 0.6) is 0 Å². The number of nitrogens with zero attached hydrogens (tertiary/aromatic N) is 2. The number of carbonyl (C=O) groups excluding carboxylic acids is 3. The molecule has 0 aromatic rings. The summed E-state index contributed by atoms with van der Waals surface area (Å²) in [4.78, 5) is 38.3. The van der Waals surface area contributed by atoms with Crippen LogP contribution in [-0.4, -0.2) is 78.8 Å². The van der Waals surface area contributed by atoms with Gasteiger partial charge in [-0.05, 0) is 0 Å². The number of carbonyl (C=O) groups is 3. The Morgan fingerprint density at radius 1 is 1.17 bits per heavy atom. The molecule has 3 amide bonds. The molecule has 2 aliphatic heterocycles. The van der Waals surface area contributed by atoms with Gasteiger partial charge in [0.15, 0.2) is 0 Å². The van der Waals surface area contributed by atoms with Gasteiger partial charge in [0.2, 0.25) is 17.7 Å². The molecule has 23 heavy (non-hydrogen) atoms. The normalized spacial score (nSPS) is 23.7. The quantitative estimate of drug-likeness (QED) is 0.705. The zero-order valence-electron chi connectivity index (χ0n) is 13.1. The van der Waals surface area contributed by atoms with Crippen molar-refractivity contribution in [3.8, 4) is 0 Å². The average Bonchev–Trinajstić information content (AvgIpc) is 2.87. The number of amides is 3. The molecule has 2 N–H and O–H groups in total. The van der Waals surface area contributed by atoms with Crippen molar-refractivity contribution in [1.29, 1.82) is 0 Å². The highest BCUT2D eigenvalue weighted by Crippen LogP contribution is 2.24. The summed E-state index contributed by atoms with van der Waals surface area (Å²) in [6.07, 6.45) is -0.394. The predicted molar refractivity (Wildman–Crippen MR) is 77.8 cm³/mol. The molecule has 0 radical (unpaired) electrons. The first kappa shape index (κ1) is 17.6. The SMILES string of the molecule is CC(=O)N1CCN(C(=O)CCNC(=O)C2CC(F)(F)CN2)CC1. The van der Waals surface area contributed by atoms with Crippen LogP contribution in [0, 0.1) is 0 Å². The van der Waals surface area contributed by atoms with E-state index in [1.54, 1.807) is 9.80 Å². The van der Waals surface area contributed by atoms with Crippen molar-refractivity contribution < 1.29 is 23.2 Å². The third kappa shape index (κ3) is 4.85. The van der Waals surface area contributed by atoms with Crippen LogP contribution in [0.15, 0.2) is 0 Å². The summed E-state index contributed by atoms with van der Waals surface area (Å²) in [5.74, 6) is -3.48. The monoisotopic (exact) mass is 332 g/mol. The molecular weight excluding hydrogens is 310 g/mol. The molecule has 2 aliphatic rings. The van der Waals surface area contributed by atoms with Gasteiger partial charge in [-0.15, -0.1) is 0 Å². The van der Waals surface area contributed by atoms with E-state index in [1.807, 2.05) is 0 Å². The standard InChI is InChI=1S/C14H22F2N4O3/c1-10(21)19-4-6-20(7-5-19)12(22)2-3-17-13(23)11-8-14(15,16)9-18-11/h11,18H,2-9H2,1H3,(H,17,23). The fourth-order valence-corrected chi connectivity index (χ4v) is 2.75. The number of rotatable bonds is 4. The van der Waals surface area contributed by atoms with Gasteiger partial charge in [-0.1, -0.05) is 0 Å². The van der Waals surface area contributed by atoms with Crippen molar-refractivity contribution in [3.05, 3.63) is 0 Å². The average molecular weight is 332 g/mol. The number of hydrogen-bond donors (Lipinski definition) is 2. The van der Waals surface area contributed by atoms with Gasteiger partial charge in [-0.25, -0.2) is 8.78 Å². The molecule has 0 spiro atoms. The summed E-state index contributed by atoms with van der Waals surface area (Å²) in [7, 11) is 0. The molecule has 0 aliphatic carbocycles. The number of hydrogen-bond acceptors (Lipinski definition) is 4. The van der Waals surface area contributed by atoms with E-state index < -0.39 is 30.8 Å². The maximum Gasteiger partial charge on any atom is 0.262 e. The molecule has 0 saturated carbocycles. The molecule has 2 fully saturated rings. The molecule has 0 bridgehead atoms. The summed E-state index contributed by atoms with van der Waals surface area (Å²) >= 11 is 0. The first-order chi connectivity index (χ1) is 10.8. The Morgan fingerprint density at radius 3 is 2.30 bits per heavy atom. The zero-order chi connectivity index (χ0) is 17.0. The fourth-order valence-electron chi connectivity index (χ4n) is 2.75. The summed E-state index contributed by atoms with van der Waals surface area (Å²) < 4.78 is 26.0. The van der Waals surface area contributed by atoms with Crippen molar-refractivity contribution in [2.75, 3.05) is 39.3 Å². The van der Waals surface area contributed by atoms with Crippen LogP contribution in [0.4, 0.5) is 8.78 Å². The van der Waals surface area contributed by atoms with Gasteiger partial charge in [-0.2, -0.15) is 0 Å². The molecule has 2 rings (SSSR count). The van der Waals surface area contributed by atoms with Crippen molar-refractivity contribution in [2.45, 2.75) is 31.7 Å². The maximum atomic E-state index is 13.0. The lowest BCUT2D eigenvalue weighted by atomic mass is 10.2. The Balaban J connectivity index is 1.65. The zero-order valence-corrected chi connectivity index (χ0v) is 13.1. The van der Waals surface area contributed by atoms with Gasteiger partial charge < -0.3 is 15.1 Å². The van der Waals surface area contributed by atoms with E-state index in [0.29, 0.717) is 26.2 Å². The number of piperazine rings is 1. The van der Waals surface area contributed by atoms with Gasteiger partial charge in [0.25, 0.3) is 5.92 Å². The van der Waals surface area contributed by atoms with E-state index in [0.717, 1.165) is 0 Å². The van der Waals surface area contributed by atoms with Crippen LogP contribution in [0.1, 0.15) is 19.8 Å². The Bertz CT molecular complexity index is 479. The predicted octanol–water partition coefficient (Wildman–Crippen LogP) is -0.819. The topological polar surface area (TPSA) is 81.8 Å². The van der Waals surface area contributed by atoms with Gasteiger partial charge >= 0.3 is 0 Å². The molecular formula is C14H22F2N4O3. The van der Waals surface area contributed by atoms with Crippen molar-refractivity contribution >= 4 is 17.7 Å². The van der Waals surface area contributed by atoms with E-state index in [9.17, 15) is 23.2 Å². The van der Waals surface area contributed by atoms with Crippen LogP contribution < -0.4 is 10.6 Å². The molecule has 9 heteroatoms. The first-order valence-electron chi connectivity index (χ1n) is 7.71. The number of nitrogens with one attached hydrogen (secondary N) is 2. The van der Waals surface area contributed by atoms with Crippen LogP contribution >= 0.6 is 0 Å². The van der Waals surface area contributed by atoms with Crippen molar-refractivity contribution in [3.63, 3.8) is 0 Å². The van der Waals surface area contributed by atoms with E-state index in [1.165, 1.54) is 6.92 Å². The van der Waals surface area contributed by atoms with Gasteiger partial charge in [0.1, 0.15) is 0 Å². The van der Waals surface area contributed by atoms with E-state index in [2.05, 4.69) is 10.6 Å². The summed E-state index contributed by atoms with van der Waals surface area (Å²) in [6.45, 7) is 3.08. The number of halogens is 2. The van der Waals surface area contributed by atoms with Crippen molar-refractivity contribution in [2.24, 2.45) is 0 Å². The summed E-state index contributed by atoms with van der Waals surface area (Å²) in [5, 5.41) is 4.98. The smallest absolute Gasteiger partial charge is 0.262 e. The van der Waals surface area contributed by atoms with Crippen LogP contribution in [-0.2, 0) is 14.4 Å². The molecule has 1 atom stereocenters. The molecule has 0 aromatic carbocycles. The Labute approximate surface area is 133 Å². The Hall–Kier alpha value is -1.77. The lowest BCUT2D eigenvalue weighted by Crippen LogP contribution is -2.50. The molecule has 1 unspecified atom stereocenters. The van der Waals surface area contributed by atoms with Crippen LogP contribution in [0.3, 0.4) is 0 Å². The minimum atomic E-state index is -2.85. The molecule has 130 valence electrons. The second kappa shape index (κ2) is 7.20. The molecule has 0 aromatic heterocycles. The number of alkyl halides is 2. The Kier molecular flexibility index (Phi) is 5.51. The van der Waals surface area contributed by atoms with E-state index >= 15 is 0 Å². The molecule has 2 saturated heterocycles. The minimum Gasteiger partial charge on any atom is -0.354 e. The Morgan fingerprint density at radius 2 is 1.78 bits per heavy atom. The van der Waals surface area contributed by atoms with Crippen LogP contribution in [0.25, 0.3) is 0 Å². The minimum absolute atomic E-state index is 0.00905. The first-order valence-corrected chi connectivity index (χ1v) is 7.71. The van der Waals surface area contributed by atoms with Crippen LogP contribution in [0.2, 0.25) is 0 Å². The second-order valence-corrected chi connectivity index (χ2v) is 5.92. The van der Waals surface area contributed by atoms with E-state index in [-0.39, 0.29) is 24.8 Å². The highest BCUT2D eigenvalue weighted by atomic mass is 19.3. The summed E-state index contributed by atoms with van der Waals surface area (Å²) in [6, 6.07) is -0.904. The largest absolute Gasteiger partial charge is 0.354 e. The highest BCUT2D eigenvalue weighted by Gasteiger charge is 2.42. The third-order valence-corrected chi connectivity index (χ3v) is 4.14. The van der Waals surface area contributed by atoms with E-state index in [4.69, 9.17) is 0 Å². The third-order valence-electron chi connectivity index (χ3n) is 4.14. The maximum absolute atomic E-state index is 13.0.